The highest BCUT2D eigenvalue weighted by Gasteiger charge is 2.09. The van der Waals surface area contributed by atoms with E-state index in [1.54, 1.807) is 12.1 Å². The average Bonchev–Trinajstić information content (AvgIpc) is 2.56. The Hall–Kier alpha value is -2.78. The van der Waals surface area contributed by atoms with Gasteiger partial charge in [-0.15, -0.1) is 0 Å². The summed E-state index contributed by atoms with van der Waals surface area (Å²) in [6.45, 7) is 1.96. The summed E-state index contributed by atoms with van der Waals surface area (Å²) in [7, 11) is 0. The van der Waals surface area contributed by atoms with Crippen molar-refractivity contribution in [3.8, 4) is 6.19 Å². The molecule has 1 aromatic heterocycles. The summed E-state index contributed by atoms with van der Waals surface area (Å²) in [5.74, 6) is 0. The van der Waals surface area contributed by atoms with Crippen LogP contribution in [0.3, 0.4) is 0 Å². The number of fused-ring (bicyclic) bond motifs is 2. The average molecular weight is 322 g/mol. The molecule has 3 rings (SSSR count). The third-order valence-corrected chi connectivity index (χ3v) is 4.12. The van der Waals surface area contributed by atoms with Crippen LogP contribution in [0.5, 0.6) is 0 Å². The second-order valence-corrected chi connectivity index (χ2v) is 5.86. The quantitative estimate of drug-likeness (QED) is 0.236. The first-order valence-electron chi connectivity index (χ1n) is 6.97. The normalized spacial score (nSPS) is 11.6. The molecule has 6 heteroatoms. The Morgan fingerprint density at radius 2 is 2.13 bits per heavy atom. The summed E-state index contributed by atoms with van der Waals surface area (Å²) in [6, 6.07) is 11.1. The number of rotatable bonds is 1. The molecular weight excluding hydrogens is 308 g/mol. The smallest absolute Gasteiger partial charge is 0.197 e. The summed E-state index contributed by atoms with van der Waals surface area (Å²) < 4.78 is 0. The largest absolute Gasteiger partial charge is 0.353 e. The first-order chi connectivity index (χ1) is 11.1. The predicted molar refractivity (Wildman–Crippen MR) is 96.2 cm³/mol. The Bertz CT molecular complexity index is 1030. The fourth-order valence-electron chi connectivity index (χ4n) is 2.47. The maximum absolute atomic E-state index is 12.7. The van der Waals surface area contributed by atoms with Crippen LogP contribution in [0.1, 0.15) is 5.56 Å². The molecule has 3 aromatic rings. The van der Waals surface area contributed by atoms with Crippen LogP contribution in [-0.4, -0.2) is 16.4 Å². The number of para-hydroxylation sites is 1. The molecule has 0 aliphatic heterocycles. The van der Waals surface area contributed by atoms with Crippen LogP contribution in [0.2, 0.25) is 0 Å². The number of benzene rings is 2. The zero-order valence-corrected chi connectivity index (χ0v) is 13.5. The Morgan fingerprint density at radius 1 is 1.30 bits per heavy atom. The van der Waals surface area contributed by atoms with Crippen LogP contribution in [0.15, 0.2) is 46.2 Å². The Balaban J connectivity index is 2.34. The fourth-order valence-corrected chi connectivity index (χ4v) is 2.81. The molecule has 0 amide bonds. The number of aliphatic imine (C=N–C) groups is 1. The summed E-state index contributed by atoms with van der Waals surface area (Å²) in [5.41, 5.74) is 3.08. The molecular formula is C17H14N4OS. The molecule has 0 radical (unpaired) electrons. The molecule has 1 heterocycles. The highest BCUT2D eigenvalue weighted by molar-refractivity contribution is 8.13. The second kappa shape index (κ2) is 6.15. The molecule has 0 atom stereocenters. The van der Waals surface area contributed by atoms with Gasteiger partial charge in [-0.1, -0.05) is 29.5 Å². The molecule has 0 aliphatic rings. The minimum Gasteiger partial charge on any atom is -0.353 e. The van der Waals surface area contributed by atoms with Gasteiger partial charge < -0.3 is 4.98 Å². The third kappa shape index (κ3) is 2.79. The van der Waals surface area contributed by atoms with E-state index in [0.717, 1.165) is 11.1 Å². The van der Waals surface area contributed by atoms with Gasteiger partial charge in [0.2, 0.25) is 0 Å². The van der Waals surface area contributed by atoms with Crippen LogP contribution >= 0.6 is 11.8 Å². The van der Waals surface area contributed by atoms with Gasteiger partial charge in [-0.05, 0) is 37.4 Å². The number of H-pyrrole nitrogens is 1. The van der Waals surface area contributed by atoms with E-state index in [4.69, 9.17) is 5.26 Å². The van der Waals surface area contributed by atoms with Gasteiger partial charge in [-0.25, -0.2) is 4.99 Å². The summed E-state index contributed by atoms with van der Waals surface area (Å²) in [6.07, 6.45) is 3.69. The Labute approximate surface area is 137 Å². The van der Waals surface area contributed by atoms with E-state index < -0.39 is 0 Å². The second-order valence-electron chi connectivity index (χ2n) is 5.06. The van der Waals surface area contributed by atoms with Crippen molar-refractivity contribution >= 4 is 44.4 Å². The third-order valence-electron chi connectivity index (χ3n) is 3.54. The predicted octanol–water partition coefficient (Wildman–Crippen LogP) is 3.41. The van der Waals surface area contributed by atoms with Crippen LogP contribution in [0.25, 0.3) is 21.8 Å². The molecule has 2 aromatic carbocycles. The zero-order valence-electron chi connectivity index (χ0n) is 12.7. The maximum Gasteiger partial charge on any atom is 0.197 e. The lowest BCUT2D eigenvalue weighted by atomic mass is 10.1. The molecule has 23 heavy (non-hydrogen) atoms. The van der Waals surface area contributed by atoms with E-state index in [1.807, 2.05) is 43.6 Å². The van der Waals surface area contributed by atoms with E-state index in [2.05, 4.69) is 15.3 Å². The van der Waals surface area contributed by atoms with Gasteiger partial charge in [0, 0.05) is 16.3 Å². The van der Waals surface area contributed by atoms with Gasteiger partial charge in [-0.2, -0.15) is 5.26 Å². The number of hydrogen-bond donors (Lipinski definition) is 2. The maximum atomic E-state index is 12.7. The van der Waals surface area contributed by atoms with E-state index in [9.17, 15) is 4.79 Å². The highest BCUT2D eigenvalue weighted by atomic mass is 32.2. The summed E-state index contributed by atoms with van der Waals surface area (Å²) in [4.78, 5) is 20.5. The summed E-state index contributed by atoms with van der Waals surface area (Å²) in [5, 5.41) is 13.0. The standard InChI is InChI=1S/C17H14N4OS/c1-10-6-7-13-12(8-10)16(22)11-4-3-5-14(15(11)20-13)21-17(23-2)19-9-18/h3-8H,1-2H3,(H,19,21)(H,20,22). The SMILES string of the molecule is CSC(=Nc1cccc2c(=O)c3cc(C)ccc3[nH]c12)NC#N. The van der Waals surface area contributed by atoms with Gasteiger partial charge >= 0.3 is 0 Å². The molecule has 114 valence electrons. The number of hydrogen-bond acceptors (Lipinski definition) is 4. The highest BCUT2D eigenvalue weighted by Crippen LogP contribution is 2.25. The van der Waals surface area contributed by atoms with Crippen molar-refractivity contribution in [3.63, 3.8) is 0 Å². The number of nitrogens with zero attached hydrogens (tertiary/aromatic N) is 2. The number of thioether (sulfide) groups is 1. The molecule has 0 bridgehead atoms. The Morgan fingerprint density at radius 3 is 2.87 bits per heavy atom. The van der Waals surface area contributed by atoms with E-state index in [-0.39, 0.29) is 5.43 Å². The Kier molecular flexibility index (Phi) is 4.04. The van der Waals surface area contributed by atoms with Gasteiger partial charge in [0.25, 0.3) is 0 Å². The first-order valence-corrected chi connectivity index (χ1v) is 8.19. The van der Waals surface area contributed by atoms with Gasteiger partial charge in [-0.3, -0.25) is 10.1 Å². The molecule has 0 unspecified atom stereocenters. The van der Waals surface area contributed by atoms with Crippen LogP contribution in [0, 0.1) is 18.4 Å². The number of aromatic amines is 1. The molecule has 5 nitrogen and oxygen atoms in total. The molecule has 0 aliphatic carbocycles. The number of aryl methyl sites for hydroxylation is 1. The molecule has 0 spiro atoms. The number of nitrogens with one attached hydrogen (secondary N) is 2. The van der Waals surface area contributed by atoms with Crippen LogP contribution in [0.4, 0.5) is 5.69 Å². The van der Waals surface area contributed by atoms with E-state index in [0.29, 0.717) is 27.1 Å². The molecule has 2 N–H and O–H groups in total. The van der Waals surface area contributed by atoms with Gasteiger partial charge in [0.1, 0.15) is 0 Å². The number of amidine groups is 1. The minimum absolute atomic E-state index is 0.0200. The molecule has 0 fully saturated rings. The van der Waals surface area contributed by atoms with Crippen LogP contribution in [-0.2, 0) is 0 Å². The van der Waals surface area contributed by atoms with Crippen molar-refractivity contribution in [2.75, 3.05) is 6.26 Å². The number of pyridine rings is 1. The first kappa shape index (κ1) is 15.1. The number of nitriles is 1. The van der Waals surface area contributed by atoms with Crippen molar-refractivity contribution in [1.82, 2.24) is 10.3 Å². The van der Waals surface area contributed by atoms with E-state index >= 15 is 0 Å². The van der Waals surface area contributed by atoms with Gasteiger partial charge in [0.15, 0.2) is 16.8 Å². The lowest BCUT2D eigenvalue weighted by Gasteiger charge is -2.07. The summed E-state index contributed by atoms with van der Waals surface area (Å²) >= 11 is 1.33. The minimum atomic E-state index is -0.0200. The topological polar surface area (TPSA) is 81.0 Å². The van der Waals surface area contributed by atoms with Crippen molar-refractivity contribution < 1.29 is 0 Å². The van der Waals surface area contributed by atoms with Crippen molar-refractivity contribution in [1.29, 1.82) is 5.26 Å². The van der Waals surface area contributed by atoms with Gasteiger partial charge in [0.05, 0.1) is 11.2 Å². The van der Waals surface area contributed by atoms with E-state index in [1.165, 1.54) is 11.8 Å². The monoisotopic (exact) mass is 322 g/mol. The molecule has 0 saturated heterocycles. The van der Waals surface area contributed by atoms with Crippen molar-refractivity contribution in [2.45, 2.75) is 6.92 Å². The molecule has 0 saturated carbocycles. The van der Waals surface area contributed by atoms with Crippen LogP contribution < -0.4 is 10.7 Å². The lowest BCUT2D eigenvalue weighted by molar-refractivity contribution is 1.28. The zero-order chi connectivity index (χ0) is 16.4. The fraction of sp³-hybridized carbons (Fsp3) is 0.118. The lowest BCUT2D eigenvalue weighted by Crippen LogP contribution is -2.12. The number of aromatic nitrogens is 1. The van der Waals surface area contributed by atoms with Crippen molar-refractivity contribution in [2.24, 2.45) is 4.99 Å². The van der Waals surface area contributed by atoms with Crippen molar-refractivity contribution in [3.05, 3.63) is 52.2 Å².